The fourth-order valence-corrected chi connectivity index (χ4v) is 1.81. The van der Waals surface area contributed by atoms with Crippen LogP contribution in [0.2, 0.25) is 5.15 Å². The van der Waals surface area contributed by atoms with E-state index in [0.29, 0.717) is 10.8 Å². The highest BCUT2D eigenvalue weighted by molar-refractivity contribution is 6.29. The molecule has 0 saturated heterocycles. The van der Waals surface area contributed by atoms with Crippen molar-refractivity contribution in [3.8, 4) is 11.3 Å². The molecule has 0 aliphatic carbocycles. The van der Waals surface area contributed by atoms with E-state index >= 15 is 0 Å². The lowest BCUT2D eigenvalue weighted by molar-refractivity contribution is 0.852. The molecular formula is C12H9ClN4. The van der Waals surface area contributed by atoms with E-state index < -0.39 is 0 Å². The van der Waals surface area contributed by atoms with Crippen LogP contribution in [0.3, 0.4) is 0 Å². The maximum absolute atomic E-state index is 5.91. The molecule has 0 fully saturated rings. The highest BCUT2D eigenvalue weighted by atomic mass is 35.5. The van der Waals surface area contributed by atoms with E-state index in [1.165, 1.54) is 0 Å². The number of nitrogens with zero attached hydrogens (tertiary/aromatic N) is 4. The highest BCUT2D eigenvalue weighted by Gasteiger charge is 2.09. The van der Waals surface area contributed by atoms with Gasteiger partial charge in [0.2, 0.25) is 0 Å². The number of aromatic nitrogens is 4. The van der Waals surface area contributed by atoms with Gasteiger partial charge in [-0.15, -0.1) is 10.2 Å². The summed E-state index contributed by atoms with van der Waals surface area (Å²) in [7, 11) is 0. The van der Waals surface area contributed by atoms with Gasteiger partial charge in [0.15, 0.2) is 10.8 Å². The Morgan fingerprint density at radius 3 is 2.65 bits per heavy atom. The average Bonchev–Trinajstić information content (AvgIpc) is 2.80. The van der Waals surface area contributed by atoms with Crippen molar-refractivity contribution in [2.24, 2.45) is 0 Å². The molecule has 17 heavy (non-hydrogen) atoms. The molecule has 0 N–H and O–H groups in total. The minimum atomic E-state index is 0.375. The summed E-state index contributed by atoms with van der Waals surface area (Å²) in [5, 5.41) is 12.7. The summed E-state index contributed by atoms with van der Waals surface area (Å²) in [5.74, 6) is 0. The molecular weight excluding hydrogens is 236 g/mol. The van der Waals surface area contributed by atoms with Crippen LogP contribution in [0.1, 0.15) is 5.69 Å². The molecule has 0 saturated carbocycles. The lowest BCUT2D eigenvalue weighted by atomic mass is 10.2. The van der Waals surface area contributed by atoms with Crippen molar-refractivity contribution in [1.82, 2.24) is 19.8 Å². The summed E-state index contributed by atoms with van der Waals surface area (Å²) in [5.41, 5.74) is 3.41. The van der Waals surface area contributed by atoms with Crippen LogP contribution in [0.4, 0.5) is 0 Å². The zero-order valence-corrected chi connectivity index (χ0v) is 9.89. The molecule has 0 unspecified atom stereocenters. The molecule has 5 heteroatoms. The molecule has 1 aromatic carbocycles. The van der Waals surface area contributed by atoms with Crippen LogP contribution >= 0.6 is 11.6 Å². The van der Waals surface area contributed by atoms with Gasteiger partial charge in [-0.25, -0.2) is 4.52 Å². The predicted octanol–water partition coefficient (Wildman–Crippen LogP) is 2.75. The van der Waals surface area contributed by atoms with Gasteiger partial charge in [-0.2, -0.15) is 5.10 Å². The van der Waals surface area contributed by atoms with Gasteiger partial charge >= 0.3 is 0 Å². The van der Waals surface area contributed by atoms with Gasteiger partial charge in [0.25, 0.3) is 0 Å². The van der Waals surface area contributed by atoms with E-state index in [9.17, 15) is 0 Å². The van der Waals surface area contributed by atoms with Crippen molar-refractivity contribution in [2.75, 3.05) is 0 Å². The van der Waals surface area contributed by atoms with Crippen LogP contribution in [0, 0.1) is 6.92 Å². The summed E-state index contributed by atoms with van der Waals surface area (Å²) in [6, 6.07) is 11.8. The Hall–Kier alpha value is -1.94. The first-order valence-corrected chi connectivity index (χ1v) is 5.57. The summed E-state index contributed by atoms with van der Waals surface area (Å²) < 4.78 is 1.71. The fourth-order valence-electron chi connectivity index (χ4n) is 1.69. The second-order valence-electron chi connectivity index (χ2n) is 3.74. The first-order valence-electron chi connectivity index (χ1n) is 5.20. The zero-order valence-electron chi connectivity index (χ0n) is 9.13. The van der Waals surface area contributed by atoms with Gasteiger partial charge in [-0.05, 0) is 6.92 Å². The predicted molar refractivity (Wildman–Crippen MR) is 66.0 cm³/mol. The van der Waals surface area contributed by atoms with Gasteiger partial charge in [0.1, 0.15) is 0 Å². The van der Waals surface area contributed by atoms with E-state index in [0.717, 1.165) is 17.0 Å². The minimum Gasteiger partial charge on any atom is -0.214 e. The van der Waals surface area contributed by atoms with E-state index in [4.69, 9.17) is 11.6 Å². The third-order valence-electron chi connectivity index (χ3n) is 2.62. The Morgan fingerprint density at radius 1 is 1.12 bits per heavy atom. The van der Waals surface area contributed by atoms with Crippen LogP contribution < -0.4 is 0 Å². The normalized spacial score (nSPS) is 10.9. The van der Waals surface area contributed by atoms with Gasteiger partial charge in [0, 0.05) is 11.6 Å². The van der Waals surface area contributed by atoms with Gasteiger partial charge in [0.05, 0.1) is 11.4 Å². The van der Waals surface area contributed by atoms with Gasteiger partial charge in [-0.1, -0.05) is 41.9 Å². The van der Waals surface area contributed by atoms with Crippen LogP contribution in [0.25, 0.3) is 16.9 Å². The van der Waals surface area contributed by atoms with E-state index in [-0.39, 0.29) is 0 Å². The lowest BCUT2D eigenvalue weighted by Gasteiger charge is -1.98. The number of benzene rings is 1. The molecule has 84 valence electrons. The molecule has 2 heterocycles. The number of hydrogen-bond donors (Lipinski definition) is 0. The average molecular weight is 245 g/mol. The fraction of sp³-hybridized carbons (Fsp3) is 0.0833. The number of hydrogen-bond acceptors (Lipinski definition) is 3. The summed E-state index contributed by atoms with van der Waals surface area (Å²) >= 11 is 5.91. The van der Waals surface area contributed by atoms with Crippen molar-refractivity contribution >= 4 is 17.2 Å². The van der Waals surface area contributed by atoms with Crippen molar-refractivity contribution in [3.63, 3.8) is 0 Å². The Labute approximate surface area is 103 Å². The molecule has 3 aromatic rings. The Balaban J connectivity index is 2.24. The molecule has 0 radical (unpaired) electrons. The quantitative estimate of drug-likeness (QED) is 0.661. The smallest absolute Gasteiger partial charge is 0.178 e. The third kappa shape index (κ3) is 1.66. The topological polar surface area (TPSA) is 43.1 Å². The molecule has 0 spiro atoms. The lowest BCUT2D eigenvalue weighted by Crippen LogP contribution is -1.99. The van der Waals surface area contributed by atoms with Crippen molar-refractivity contribution in [2.45, 2.75) is 6.92 Å². The summed E-state index contributed by atoms with van der Waals surface area (Å²) in [6.07, 6.45) is 0. The Morgan fingerprint density at radius 2 is 1.88 bits per heavy atom. The molecule has 0 bridgehead atoms. The number of fused-ring (bicyclic) bond motifs is 1. The second kappa shape index (κ2) is 3.82. The van der Waals surface area contributed by atoms with Crippen LogP contribution in [0.5, 0.6) is 0 Å². The molecule has 3 rings (SSSR count). The van der Waals surface area contributed by atoms with E-state index in [2.05, 4.69) is 15.3 Å². The summed E-state index contributed by atoms with van der Waals surface area (Å²) in [4.78, 5) is 0. The van der Waals surface area contributed by atoms with Crippen molar-refractivity contribution in [1.29, 1.82) is 0 Å². The molecule has 0 aliphatic rings. The highest BCUT2D eigenvalue weighted by Crippen LogP contribution is 2.20. The monoisotopic (exact) mass is 244 g/mol. The van der Waals surface area contributed by atoms with Crippen molar-refractivity contribution in [3.05, 3.63) is 47.2 Å². The minimum absolute atomic E-state index is 0.375. The van der Waals surface area contributed by atoms with Crippen LogP contribution in [-0.2, 0) is 0 Å². The zero-order chi connectivity index (χ0) is 11.8. The largest absolute Gasteiger partial charge is 0.214 e. The molecule has 4 nitrogen and oxygen atoms in total. The van der Waals surface area contributed by atoms with E-state index in [1.54, 1.807) is 4.52 Å². The first-order chi connectivity index (χ1) is 8.25. The Kier molecular flexibility index (Phi) is 2.30. The summed E-state index contributed by atoms with van der Waals surface area (Å²) in [6.45, 7) is 1.87. The molecule has 0 atom stereocenters. The van der Waals surface area contributed by atoms with Crippen LogP contribution in [-0.4, -0.2) is 19.8 Å². The molecule has 0 aliphatic heterocycles. The maximum atomic E-state index is 5.91. The molecule has 0 amide bonds. The second-order valence-corrected chi connectivity index (χ2v) is 4.10. The SMILES string of the molecule is Cc1c(Cl)nnc2cc(-c3ccccc3)nn12. The number of rotatable bonds is 1. The van der Waals surface area contributed by atoms with Crippen molar-refractivity contribution < 1.29 is 0 Å². The first kappa shape index (κ1) is 10.2. The maximum Gasteiger partial charge on any atom is 0.178 e. The molecule has 2 aromatic heterocycles. The van der Waals surface area contributed by atoms with Crippen LogP contribution in [0.15, 0.2) is 36.4 Å². The van der Waals surface area contributed by atoms with E-state index in [1.807, 2.05) is 43.3 Å². The number of halogens is 1. The third-order valence-corrected chi connectivity index (χ3v) is 2.97. The standard InChI is InChI=1S/C12H9ClN4/c1-8-12(13)15-14-11-7-10(16-17(8)11)9-5-3-2-4-6-9/h2-7H,1H3. The van der Waals surface area contributed by atoms with Gasteiger partial charge in [-0.3, -0.25) is 0 Å². The van der Waals surface area contributed by atoms with Gasteiger partial charge < -0.3 is 0 Å². The number of aryl methyl sites for hydroxylation is 1. The Bertz CT molecular complexity index is 676.